The molecule has 15 heavy (non-hydrogen) atoms. The molecular formula is C10H5N5. The lowest BCUT2D eigenvalue weighted by Gasteiger charge is -2.05. The molecule has 0 amide bonds. The molecule has 3 rings (SSSR count). The van der Waals surface area contributed by atoms with E-state index in [1.54, 1.807) is 10.6 Å². The van der Waals surface area contributed by atoms with E-state index >= 15 is 0 Å². The molecule has 1 aromatic rings. The fraction of sp³-hybridized carbons (Fsp3) is 0. The van der Waals surface area contributed by atoms with Gasteiger partial charge in [-0.05, 0) is 12.1 Å². The third kappa shape index (κ3) is 0.987. The Bertz CT molecular complexity index is 649. The van der Waals surface area contributed by atoms with Crippen LogP contribution in [0.5, 0.6) is 0 Å². The third-order valence-electron chi connectivity index (χ3n) is 2.22. The van der Waals surface area contributed by atoms with Gasteiger partial charge in [-0.15, -0.1) is 0 Å². The second-order valence-corrected chi connectivity index (χ2v) is 3.05. The molecule has 0 aliphatic carbocycles. The van der Waals surface area contributed by atoms with Gasteiger partial charge in [0.25, 0.3) is 0 Å². The highest BCUT2D eigenvalue weighted by Crippen LogP contribution is 2.21. The summed E-state index contributed by atoms with van der Waals surface area (Å²) < 4.78 is 1.71. The average molecular weight is 195 g/mol. The molecule has 0 unspecified atom stereocenters. The van der Waals surface area contributed by atoms with Crippen molar-refractivity contribution in [1.82, 2.24) is 19.4 Å². The molecule has 2 aliphatic heterocycles. The van der Waals surface area contributed by atoms with Crippen LogP contribution in [-0.2, 0) is 0 Å². The first-order valence-electron chi connectivity index (χ1n) is 4.38. The first-order valence-corrected chi connectivity index (χ1v) is 4.38. The molecule has 0 fully saturated rings. The van der Waals surface area contributed by atoms with Crippen molar-refractivity contribution in [3.05, 3.63) is 36.5 Å². The average Bonchev–Trinajstić information content (AvgIpc) is 2.76. The summed E-state index contributed by atoms with van der Waals surface area (Å²) in [6.07, 6.45) is 3.24. The number of aromatic nitrogens is 4. The summed E-state index contributed by atoms with van der Waals surface area (Å²) in [5.74, 6) is 0.830. The van der Waals surface area contributed by atoms with Crippen LogP contribution in [0, 0.1) is 11.3 Å². The topological polar surface area (TPSA) is 66.9 Å². The van der Waals surface area contributed by atoms with E-state index in [4.69, 9.17) is 5.26 Å². The van der Waals surface area contributed by atoms with Crippen molar-refractivity contribution in [2.45, 2.75) is 0 Å². The van der Waals surface area contributed by atoms with Gasteiger partial charge in [0, 0.05) is 6.20 Å². The lowest BCUT2D eigenvalue weighted by atomic mass is 10.3. The number of rotatable bonds is 0. The zero-order chi connectivity index (χ0) is 10.3. The standard InChI is InChI=1S/C10H5N5/c11-5-8-14-10-9(12-6-13-10)7-3-1-2-4-15(7)8/h1-4,6H. The van der Waals surface area contributed by atoms with Gasteiger partial charge in [0.05, 0.1) is 5.52 Å². The molecule has 0 bridgehead atoms. The molecule has 0 radical (unpaired) electrons. The predicted octanol–water partition coefficient (Wildman–Crippen LogP) is 1.10. The van der Waals surface area contributed by atoms with E-state index in [9.17, 15) is 0 Å². The molecule has 0 atom stereocenters. The number of imidazole rings is 1. The monoisotopic (exact) mass is 195 g/mol. The molecule has 0 N–H and O–H groups in total. The number of nitrogens with zero attached hydrogens (tertiary/aromatic N) is 5. The van der Waals surface area contributed by atoms with E-state index < -0.39 is 0 Å². The Morgan fingerprint density at radius 1 is 1.27 bits per heavy atom. The van der Waals surface area contributed by atoms with Crippen LogP contribution in [0.25, 0.3) is 17.0 Å². The predicted molar refractivity (Wildman–Crippen MR) is 52.1 cm³/mol. The number of hydrogen-bond donors (Lipinski definition) is 0. The van der Waals surface area contributed by atoms with Crippen molar-refractivity contribution in [2.75, 3.05) is 0 Å². The molecule has 70 valence electrons. The van der Waals surface area contributed by atoms with Crippen molar-refractivity contribution in [3.8, 4) is 17.6 Å². The van der Waals surface area contributed by atoms with Gasteiger partial charge in [0.1, 0.15) is 18.1 Å². The summed E-state index contributed by atoms with van der Waals surface area (Å²) >= 11 is 0. The van der Waals surface area contributed by atoms with Crippen molar-refractivity contribution < 1.29 is 0 Å². The molecule has 5 nitrogen and oxygen atoms in total. The minimum Gasteiger partial charge on any atom is -0.291 e. The van der Waals surface area contributed by atoms with Gasteiger partial charge in [0.15, 0.2) is 5.82 Å². The molecule has 0 aromatic carbocycles. The number of hydrogen-bond acceptors (Lipinski definition) is 4. The Labute approximate surface area is 85.0 Å². The minimum atomic E-state index is 0.318. The van der Waals surface area contributed by atoms with Crippen LogP contribution in [-0.4, -0.2) is 19.4 Å². The van der Waals surface area contributed by atoms with Crippen LogP contribution in [0.15, 0.2) is 30.7 Å². The van der Waals surface area contributed by atoms with E-state index in [0.29, 0.717) is 11.6 Å². The molecule has 3 heterocycles. The molecule has 0 spiro atoms. The van der Waals surface area contributed by atoms with E-state index in [2.05, 4.69) is 15.0 Å². The Kier molecular flexibility index (Phi) is 1.45. The minimum absolute atomic E-state index is 0.318. The van der Waals surface area contributed by atoms with Gasteiger partial charge in [0.2, 0.25) is 5.82 Å². The normalized spacial score (nSPS) is 10.6. The van der Waals surface area contributed by atoms with Crippen molar-refractivity contribution in [2.24, 2.45) is 0 Å². The summed E-state index contributed by atoms with van der Waals surface area (Å²) in [5.41, 5.74) is 1.56. The lowest BCUT2D eigenvalue weighted by molar-refractivity contribution is 1.02. The number of nitriles is 1. The summed E-state index contributed by atoms with van der Waals surface area (Å²) in [6, 6.07) is 7.66. The Hall–Kier alpha value is -2.48. The maximum Gasteiger partial charge on any atom is 0.219 e. The zero-order valence-corrected chi connectivity index (χ0v) is 7.62. The van der Waals surface area contributed by atoms with E-state index in [0.717, 1.165) is 11.2 Å². The van der Waals surface area contributed by atoms with Gasteiger partial charge < -0.3 is 0 Å². The van der Waals surface area contributed by atoms with Crippen LogP contribution in [0.1, 0.15) is 5.82 Å². The molecule has 1 aromatic heterocycles. The van der Waals surface area contributed by atoms with Gasteiger partial charge in [-0.2, -0.15) is 10.2 Å². The highest BCUT2D eigenvalue weighted by atomic mass is 15.1. The van der Waals surface area contributed by atoms with Crippen LogP contribution in [0.2, 0.25) is 0 Å². The van der Waals surface area contributed by atoms with Crippen LogP contribution in [0.4, 0.5) is 0 Å². The Morgan fingerprint density at radius 3 is 3.07 bits per heavy atom. The second kappa shape index (κ2) is 2.75. The Balaban J connectivity index is 2.60. The Morgan fingerprint density at radius 2 is 2.20 bits per heavy atom. The first kappa shape index (κ1) is 7.88. The number of fused-ring (bicyclic) bond motifs is 3. The van der Waals surface area contributed by atoms with Crippen molar-refractivity contribution >= 4 is 5.52 Å². The van der Waals surface area contributed by atoms with E-state index in [1.807, 2.05) is 24.3 Å². The SMILES string of the molecule is N#Cc1nc2ncnc-2c2ccccn12. The first-order chi connectivity index (χ1) is 7.40. The maximum absolute atomic E-state index is 8.95. The molecule has 5 heteroatoms. The second-order valence-electron chi connectivity index (χ2n) is 3.05. The quantitative estimate of drug-likeness (QED) is 0.538. The van der Waals surface area contributed by atoms with Crippen molar-refractivity contribution in [3.63, 3.8) is 0 Å². The van der Waals surface area contributed by atoms with Gasteiger partial charge >= 0.3 is 0 Å². The lowest BCUT2D eigenvalue weighted by Crippen LogP contribution is -2.02. The highest BCUT2D eigenvalue weighted by Gasteiger charge is 2.14. The van der Waals surface area contributed by atoms with Crippen molar-refractivity contribution in [1.29, 1.82) is 5.26 Å². The fourth-order valence-electron chi connectivity index (χ4n) is 1.58. The van der Waals surface area contributed by atoms with Crippen LogP contribution < -0.4 is 0 Å². The van der Waals surface area contributed by atoms with Crippen LogP contribution >= 0.6 is 0 Å². The van der Waals surface area contributed by atoms with Gasteiger partial charge in [-0.25, -0.2) is 9.97 Å². The highest BCUT2D eigenvalue weighted by molar-refractivity contribution is 5.73. The van der Waals surface area contributed by atoms with Gasteiger partial charge in [-0.3, -0.25) is 4.40 Å². The molecular weight excluding hydrogens is 190 g/mol. The summed E-state index contributed by atoms with van der Waals surface area (Å²) in [4.78, 5) is 12.2. The van der Waals surface area contributed by atoms with Gasteiger partial charge in [-0.1, -0.05) is 6.07 Å². The fourth-order valence-corrected chi connectivity index (χ4v) is 1.58. The maximum atomic E-state index is 8.95. The molecule has 0 saturated carbocycles. The molecule has 2 aliphatic rings. The zero-order valence-electron chi connectivity index (χ0n) is 7.62. The summed E-state index contributed by atoms with van der Waals surface area (Å²) in [7, 11) is 0. The molecule has 0 saturated heterocycles. The summed E-state index contributed by atoms with van der Waals surface area (Å²) in [5, 5.41) is 8.95. The summed E-state index contributed by atoms with van der Waals surface area (Å²) in [6.45, 7) is 0. The third-order valence-corrected chi connectivity index (χ3v) is 2.22. The number of pyridine rings is 1. The largest absolute Gasteiger partial charge is 0.291 e. The van der Waals surface area contributed by atoms with E-state index in [-0.39, 0.29) is 0 Å². The smallest absolute Gasteiger partial charge is 0.219 e. The van der Waals surface area contributed by atoms with E-state index in [1.165, 1.54) is 6.33 Å². The van der Waals surface area contributed by atoms with Crippen LogP contribution in [0.3, 0.4) is 0 Å².